The van der Waals surface area contributed by atoms with Crippen molar-refractivity contribution in [1.29, 1.82) is 0 Å². The Labute approximate surface area is 192 Å². The van der Waals surface area contributed by atoms with Gasteiger partial charge >= 0.3 is 0 Å². The van der Waals surface area contributed by atoms with Crippen molar-refractivity contribution in [2.24, 2.45) is 0 Å². The summed E-state index contributed by atoms with van der Waals surface area (Å²) in [6, 6.07) is 31.4. The third-order valence-corrected chi connectivity index (χ3v) is 5.85. The summed E-state index contributed by atoms with van der Waals surface area (Å²) in [6.07, 6.45) is 0. The van der Waals surface area contributed by atoms with Crippen LogP contribution in [0.3, 0.4) is 0 Å². The first-order chi connectivity index (χ1) is 16.2. The van der Waals surface area contributed by atoms with Gasteiger partial charge in [-0.25, -0.2) is 0 Å². The van der Waals surface area contributed by atoms with Gasteiger partial charge in [0.25, 0.3) is 0 Å². The van der Waals surface area contributed by atoms with Crippen molar-refractivity contribution in [1.82, 2.24) is 14.7 Å². The van der Waals surface area contributed by atoms with Crippen LogP contribution in [0.4, 0.5) is 5.69 Å². The predicted molar refractivity (Wildman–Crippen MR) is 128 cm³/mol. The lowest BCUT2D eigenvalue weighted by atomic mass is 10.1. The molecule has 0 saturated carbocycles. The van der Waals surface area contributed by atoms with Crippen molar-refractivity contribution in [3.8, 4) is 22.5 Å². The monoisotopic (exact) mass is 436 g/mol. The molecule has 5 rings (SSSR count). The van der Waals surface area contributed by atoms with Crippen molar-refractivity contribution in [3.05, 3.63) is 97.1 Å². The molecule has 6 nitrogen and oxygen atoms in total. The second-order valence-electron chi connectivity index (χ2n) is 8.00. The smallest absolute Gasteiger partial charge is 0.246 e. The summed E-state index contributed by atoms with van der Waals surface area (Å²) in [5.74, 6) is -0.189. The zero-order chi connectivity index (χ0) is 22.6. The van der Waals surface area contributed by atoms with Crippen molar-refractivity contribution < 1.29 is 9.59 Å². The fourth-order valence-electron chi connectivity index (χ4n) is 4.12. The molecule has 6 heteroatoms. The molecule has 1 aromatic heterocycles. The molecule has 0 bridgehead atoms. The molecule has 0 radical (unpaired) electrons. The molecule has 2 amide bonds. The molecule has 2 heterocycles. The standard InChI is InChI=1S/C27H24N4O2/c32-26(29-16-17-30(27(33)19-29)23-14-8-3-9-15-23)20-31-25(22-12-6-2-7-13-22)18-24(28-31)21-10-4-1-5-11-21/h1-15,18H,16-17,19-20H2. The van der Waals surface area contributed by atoms with E-state index in [0.717, 1.165) is 28.2 Å². The maximum absolute atomic E-state index is 13.2. The number of para-hydroxylation sites is 1. The Morgan fingerprint density at radius 1 is 0.788 bits per heavy atom. The van der Waals surface area contributed by atoms with Gasteiger partial charge in [0, 0.05) is 24.3 Å². The average molecular weight is 437 g/mol. The Hall–Kier alpha value is -4.19. The fourth-order valence-corrected chi connectivity index (χ4v) is 4.12. The lowest BCUT2D eigenvalue weighted by Gasteiger charge is -2.34. The second kappa shape index (κ2) is 9.12. The number of piperazine rings is 1. The third-order valence-electron chi connectivity index (χ3n) is 5.85. The molecular weight excluding hydrogens is 412 g/mol. The Morgan fingerprint density at radius 2 is 1.39 bits per heavy atom. The van der Waals surface area contributed by atoms with E-state index in [1.165, 1.54) is 0 Å². The molecule has 33 heavy (non-hydrogen) atoms. The van der Waals surface area contributed by atoms with Crippen LogP contribution in [-0.2, 0) is 16.1 Å². The lowest BCUT2D eigenvalue weighted by molar-refractivity contribution is -0.137. The Kier molecular flexibility index (Phi) is 5.72. The van der Waals surface area contributed by atoms with Crippen LogP contribution in [0, 0.1) is 0 Å². The van der Waals surface area contributed by atoms with Gasteiger partial charge in [0.05, 0.1) is 11.4 Å². The summed E-state index contributed by atoms with van der Waals surface area (Å²) in [5.41, 5.74) is 4.53. The molecule has 0 N–H and O–H groups in total. The summed E-state index contributed by atoms with van der Waals surface area (Å²) < 4.78 is 1.74. The molecule has 0 aliphatic carbocycles. The molecule has 4 aromatic rings. The van der Waals surface area contributed by atoms with E-state index in [-0.39, 0.29) is 24.9 Å². The maximum atomic E-state index is 13.2. The summed E-state index contributed by atoms with van der Waals surface area (Å²) in [6.45, 7) is 1.12. The van der Waals surface area contributed by atoms with Gasteiger partial charge in [0.1, 0.15) is 13.1 Å². The van der Waals surface area contributed by atoms with E-state index in [1.807, 2.05) is 97.1 Å². The van der Waals surface area contributed by atoms with Gasteiger partial charge in [-0.3, -0.25) is 14.3 Å². The first kappa shape index (κ1) is 20.7. The molecule has 1 aliphatic heterocycles. The van der Waals surface area contributed by atoms with Gasteiger partial charge in [-0.15, -0.1) is 0 Å². The highest BCUT2D eigenvalue weighted by atomic mass is 16.2. The summed E-state index contributed by atoms with van der Waals surface area (Å²) in [5, 5.41) is 4.75. The topological polar surface area (TPSA) is 58.4 Å². The third kappa shape index (κ3) is 4.41. The van der Waals surface area contributed by atoms with Crippen molar-refractivity contribution >= 4 is 17.5 Å². The van der Waals surface area contributed by atoms with E-state index < -0.39 is 0 Å². The zero-order valence-electron chi connectivity index (χ0n) is 18.2. The number of carbonyl (C=O) groups excluding carboxylic acids is 2. The largest absolute Gasteiger partial charge is 0.330 e. The average Bonchev–Trinajstić information content (AvgIpc) is 3.29. The highest BCUT2D eigenvalue weighted by molar-refractivity contribution is 5.98. The molecule has 0 unspecified atom stereocenters. The minimum atomic E-state index is -0.115. The fraction of sp³-hybridized carbons (Fsp3) is 0.148. The van der Waals surface area contributed by atoms with Crippen LogP contribution in [0.15, 0.2) is 97.1 Å². The number of hydrogen-bond donors (Lipinski definition) is 0. The normalized spacial score (nSPS) is 13.9. The van der Waals surface area contributed by atoms with Crippen LogP contribution in [0.25, 0.3) is 22.5 Å². The minimum Gasteiger partial charge on any atom is -0.330 e. The highest BCUT2D eigenvalue weighted by Crippen LogP contribution is 2.26. The van der Waals surface area contributed by atoms with Gasteiger partial charge < -0.3 is 9.80 Å². The van der Waals surface area contributed by atoms with Gasteiger partial charge in [0.2, 0.25) is 11.8 Å². The summed E-state index contributed by atoms with van der Waals surface area (Å²) in [4.78, 5) is 29.3. The molecule has 1 aliphatic rings. The highest BCUT2D eigenvalue weighted by Gasteiger charge is 2.28. The van der Waals surface area contributed by atoms with Crippen LogP contribution in [0.2, 0.25) is 0 Å². The van der Waals surface area contributed by atoms with Gasteiger partial charge in [-0.2, -0.15) is 5.10 Å². The zero-order valence-corrected chi connectivity index (χ0v) is 18.2. The SMILES string of the molecule is O=C(Cn1nc(-c2ccccc2)cc1-c1ccccc1)N1CCN(c2ccccc2)C(=O)C1. The number of carbonyl (C=O) groups is 2. The first-order valence-electron chi connectivity index (χ1n) is 11.0. The van der Waals surface area contributed by atoms with Crippen LogP contribution in [0.5, 0.6) is 0 Å². The first-order valence-corrected chi connectivity index (χ1v) is 11.0. The molecule has 164 valence electrons. The number of amides is 2. The number of benzene rings is 3. The van der Waals surface area contributed by atoms with Crippen LogP contribution in [-0.4, -0.2) is 46.1 Å². The molecule has 3 aromatic carbocycles. The van der Waals surface area contributed by atoms with Gasteiger partial charge in [-0.05, 0) is 23.8 Å². The Balaban J connectivity index is 1.37. The second-order valence-corrected chi connectivity index (χ2v) is 8.00. The Morgan fingerprint density at radius 3 is 2.03 bits per heavy atom. The number of hydrogen-bond acceptors (Lipinski definition) is 3. The number of nitrogens with zero attached hydrogens (tertiary/aromatic N) is 4. The van der Waals surface area contributed by atoms with E-state index in [1.54, 1.807) is 14.5 Å². The molecule has 0 atom stereocenters. The van der Waals surface area contributed by atoms with E-state index in [9.17, 15) is 9.59 Å². The van der Waals surface area contributed by atoms with Crippen LogP contribution < -0.4 is 4.90 Å². The Bertz CT molecular complexity index is 1250. The van der Waals surface area contributed by atoms with E-state index >= 15 is 0 Å². The quantitative estimate of drug-likeness (QED) is 0.473. The van der Waals surface area contributed by atoms with Crippen molar-refractivity contribution in [2.45, 2.75) is 6.54 Å². The summed E-state index contributed by atoms with van der Waals surface area (Å²) in [7, 11) is 0. The van der Waals surface area contributed by atoms with E-state index in [4.69, 9.17) is 5.10 Å². The number of rotatable bonds is 5. The molecular formula is C27H24N4O2. The minimum absolute atomic E-state index is 0.0706. The molecule has 1 saturated heterocycles. The van der Waals surface area contributed by atoms with Gasteiger partial charge in [0.15, 0.2) is 0 Å². The molecule has 1 fully saturated rings. The molecule has 0 spiro atoms. The summed E-state index contributed by atoms with van der Waals surface area (Å²) >= 11 is 0. The van der Waals surface area contributed by atoms with Crippen LogP contribution in [0.1, 0.15) is 0 Å². The van der Waals surface area contributed by atoms with Crippen LogP contribution >= 0.6 is 0 Å². The van der Waals surface area contributed by atoms with Crippen molar-refractivity contribution in [3.63, 3.8) is 0 Å². The predicted octanol–water partition coefficient (Wildman–Crippen LogP) is 4.09. The maximum Gasteiger partial charge on any atom is 0.246 e. The number of aromatic nitrogens is 2. The van der Waals surface area contributed by atoms with Crippen molar-refractivity contribution in [2.75, 3.05) is 24.5 Å². The van der Waals surface area contributed by atoms with Gasteiger partial charge in [-0.1, -0.05) is 78.9 Å². The number of anilines is 1. The van der Waals surface area contributed by atoms with E-state index in [2.05, 4.69) is 0 Å². The van der Waals surface area contributed by atoms with E-state index in [0.29, 0.717) is 13.1 Å². The lowest BCUT2D eigenvalue weighted by Crippen LogP contribution is -2.53.